The lowest BCUT2D eigenvalue weighted by Gasteiger charge is -2.21. The van der Waals surface area contributed by atoms with Gasteiger partial charge in [-0.2, -0.15) is 5.26 Å². The quantitative estimate of drug-likeness (QED) is 0.740. The van der Waals surface area contributed by atoms with Crippen molar-refractivity contribution in [3.63, 3.8) is 0 Å². The average Bonchev–Trinajstić information content (AvgIpc) is 2.70. The Kier molecular flexibility index (Phi) is 5.46. The molecule has 0 heterocycles. The molecule has 0 aliphatic carbocycles. The molecule has 26 heavy (non-hydrogen) atoms. The number of hydrogen-bond acceptors (Lipinski definition) is 2. The summed E-state index contributed by atoms with van der Waals surface area (Å²) in [6.45, 7) is 1.95. The van der Waals surface area contributed by atoms with Crippen molar-refractivity contribution < 1.29 is 4.79 Å². The van der Waals surface area contributed by atoms with Gasteiger partial charge in [-0.3, -0.25) is 4.79 Å². The van der Waals surface area contributed by atoms with Gasteiger partial charge in [0.2, 0.25) is 5.91 Å². The van der Waals surface area contributed by atoms with Crippen LogP contribution in [0.3, 0.4) is 0 Å². The van der Waals surface area contributed by atoms with E-state index < -0.39 is 0 Å². The van der Waals surface area contributed by atoms with Crippen LogP contribution in [-0.2, 0) is 4.79 Å². The summed E-state index contributed by atoms with van der Waals surface area (Å²) in [5, 5.41) is 12.0. The molecule has 0 radical (unpaired) electrons. The molecular weight excluding hydrogens is 320 g/mol. The van der Waals surface area contributed by atoms with E-state index >= 15 is 0 Å². The van der Waals surface area contributed by atoms with E-state index in [2.05, 4.69) is 11.4 Å². The Morgan fingerprint density at radius 3 is 1.77 bits per heavy atom. The molecule has 128 valence electrons. The minimum Gasteiger partial charge on any atom is -0.349 e. The van der Waals surface area contributed by atoms with Crippen LogP contribution in [-0.4, -0.2) is 5.91 Å². The summed E-state index contributed by atoms with van der Waals surface area (Å²) in [6.07, 6.45) is 0. The predicted molar refractivity (Wildman–Crippen MR) is 102 cm³/mol. The number of benzene rings is 3. The van der Waals surface area contributed by atoms with Crippen molar-refractivity contribution in [1.82, 2.24) is 5.32 Å². The number of nitriles is 1. The van der Waals surface area contributed by atoms with Gasteiger partial charge in [0.25, 0.3) is 0 Å². The van der Waals surface area contributed by atoms with Crippen LogP contribution >= 0.6 is 0 Å². The summed E-state index contributed by atoms with van der Waals surface area (Å²) in [7, 11) is 0. The first-order chi connectivity index (χ1) is 12.7. The van der Waals surface area contributed by atoms with Crippen molar-refractivity contribution in [2.24, 2.45) is 0 Å². The van der Waals surface area contributed by atoms with Gasteiger partial charge in [0.15, 0.2) is 0 Å². The van der Waals surface area contributed by atoms with Gasteiger partial charge in [-0.1, -0.05) is 72.8 Å². The zero-order chi connectivity index (χ0) is 18.4. The first-order valence-electron chi connectivity index (χ1n) is 8.59. The minimum absolute atomic E-state index is 0.0424. The number of rotatable bonds is 5. The molecule has 0 aliphatic heterocycles. The van der Waals surface area contributed by atoms with Crippen molar-refractivity contribution in [2.75, 3.05) is 0 Å². The third-order valence-corrected chi connectivity index (χ3v) is 4.43. The van der Waals surface area contributed by atoms with Crippen molar-refractivity contribution in [1.29, 1.82) is 5.26 Å². The molecule has 3 aromatic rings. The summed E-state index contributed by atoms with van der Waals surface area (Å²) in [5.41, 5.74) is 3.50. The molecule has 0 aliphatic rings. The molecule has 0 saturated carbocycles. The maximum absolute atomic E-state index is 13.1. The van der Waals surface area contributed by atoms with Crippen molar-refractivity contribution >= 4 is 5.91 Å². The number of nitrogens with zero attached hydrogens (tertiary/aromatic N) is 1. The molecule has 0 saturated heterocycles. The molecule has 3 rings (SSSR count). The van der Waals surface area contributed by atoms with E-state index in [4.69, 9.17) is 5.26 Å². The maximum atomic E-state index is 13.1. The standard InChI is InChI=1S/C23H20N2O/c1-17(19-14-12-18(16-24)13-15-19)25-23(26)22(20-8-4-2-5-9-20)21-10-6-3-7-11-21/h2-15,17,22H,1H3,(H,25,26). The van der Waals surface area contributed by atoms with Crippen molar-refractivity contribution in [3.05, 3.63) is 107 Å². The highest BCUT2D eigenvalue weighted by Crippen LogP contribution is 2.26. The Morgan fingerprint density at radius 2 is 1.31 bits per heavy atom. The van der Waals surface area contributed by atoms with E-state index in [0.717, 1.165) is 16.7 Å². The first-order valence-corrected chi connectivity index (χ1v) is 8.59. The SMILES string of the molecule is CC(NC(=O)C(c1ccccc1)c1ccccc1)c1ccc(C#N)cc1. The lowest BCUT2D eigenvalue weighted by Crippen LogP contribution is -2.32. The van der Waals surface area contributed by atoms with E-state index in [-0.39, 0.29) is 17.9 Å². The molecule has 0 fully saturated rings. The molecular formula is C23H20N2O. The molecule has 1 amide bonds. The van der Waals surface area contributed by atoms with Crippen LogP contribution in [0.25, 0.3) is 0 Å². The third kappa shape index (κ3) is 3.99. The van der Waals surface area contributed by atoms with Gasteiger partial charge in [0, 0.05) is 0 Å². The normalized spacial score (nSPS) is 11.6. The Balaban J connectivity index is 1.85. The second-order valence-corrected chi connectivity index (χ2v) is 6.22. The van der Waals surface area contributed by atoms with Gasteiger partial charge in [0.05, 0.1) is 23.6 Å². The third-order valence-electron chi connectivity index (χ3n) is 4.43. The molecule has 0 bridgehead atoms. The largest absolute Gasteiger partial charge is 0.349 e. The average molecular weight is 340 g/mol. The second-order valence-electron chi connectivity index (χ2n) is 6.22. The van der Waals surface area contributed by atoms with E-state index in [1.165, 1.54) is 0 Å². The number of carbonyl (C=O) groups excluding carboxylic acids is 1. The molecule has 3 aromatic carbocycles. The van der Waals surface area contributed by atoms with Crippen molar-refractivity contribution in [3.8, 4) is 6.07 Å². The van der Waals surface area contributed by atoms with Crippen LogP contribution in [0.2, 0.25) is 0 Å². The molecule has 3 nitrogen and oxygen atoms in total. The van der Waals surface area contributed by atoms with Crippen LogP contribution < -0.4 is 5.32 Å². The van der Waals surface area contributed by atoms with Crippen LogP contribution in [0, 0.1) is 11.3 Å². The van der Waals surface area contributed by atoms with Gasteiger partial charge in [-0.05, 0) is 35.7 Å². The van der Waals surface area contributed by atoms with Gasteiger partial charge in [0.1, 0.15) is 0 Å². The maximum Gasteiger partial charge on any atom is 0.232 e. The Morgan fingerprint density at radius 1 is 0.808 bits per heavy atom. The van der Waals surface area contributed by atoms with Crippen LogP contribution in [0.4, 0.5) is 0 Å². The minimum atomic E-state index is -0.363. The highest BCUT2D eigenvalue weighted by Gasteiger charge is 2.24. The van der Waals surface area contributed by atoms with Gasteiger partial charge in [-0.25, -0.2) is 0 Å². The number of hydrogen-bond donors (Lipinski definition) is 1. The first kappa shape index (κ1) is 17.4. The van der Waals surface area contributed by atoms with Crippen LogP contribution in [0.15, 0.2) is 84.9 Å². The van der Waals surface area contributed by atoms with E-state index in [9.17, 15) is 4.79 Å². The van der Waals surface area contributed by atoms with Gasteiger partial charge < -0.3 is 5.32 Å². The van der Waals surface area contributed by atoms with E-state index in [0.29, 0.717) is 5.56 Å². The summed E-state index contributed by atoms with van der Waals surface area (Å²) in [6, 6.07) is 28.8. The van der Waals surface area contributed by atoms with Gasteiger partial charge in [-0.15, -0.1) is 0 Å². The summed E-state index contributed by atoms with van der Waals surface area (Å²) < 4.78 is 0. The zero-order valence-electron chi connectivity index (χ0n) is 14.6. The number of nitrogens with one attached hydrogen (secondary N) is 1. The number of carbonyl (C=O) groups is 1. The fourth-order valence-electron chi connectivity index (χ4n) is 3.01. The summed E-state index contributed by atoms with van der Waals surface area (Å²) in [4.78, 5) is 13.1. The molecule has 1 atom stereocenters. The Labute approximate surface area is 153 Å². The predicted octanol–water partition coefficient (Wildman–Crippen LogP) is 4.57. The Bertz CT molecular complexity index is 857. The topological polar surface area (TPSA) is 52.9 Å². The van der Waals surface area contributed by atoms with E-state index in [1.807, 2.05) is 79.7 Å². The molecule has 0 aromatic heterocycles. The molecule has 3 heteroatoms. The molecule has 0 spiro atoms. The monoisotopic (exact) mass is 340 g/mol. The van der Waals surface area contributed by atoms with Crippen molar-refractivity contribution in [2.45, 2.75) is 18.9 Å². The Hall–Kier alpha value is -3.38. The van der Waals surface area contributed by atoms with Gasteiger partial charge >= 0.3 is 0 Å². The van der Waals surface area contributed by atoms with Crippen LogP contribution in [0.1, 0.15) is 41.1 Å². The fourth-order valence-corrected chi connectivity index (χ4v) is 3.01. The fraction of sp³-hybridized carbons (Fsp3) is 0.130. The highest BCUT2D eigenvalue weighted by atomic mass is 16.1. The molecule has 1 unspecified atom stereocenters. The second kappa shape index (κ2) is 8.13. The summed E-state index contributed by atoms with van der Waals surface area (Å²) >= 11 is 0. The number of amides is 1. The smallest absolute Gasteiger partial charge is 0.232 e. The lowest BCUT2D eigenvalue weighted by molar-refractivity contribution is -0.122. The highest BCUT2D eigenvalue weighted by molar-refractivity contribution is 5.87. The van der Waals surface area contributed by atoms with Crippen LogP contribution in [0.5, 0.6) is 0 Å². The lowest BCUT2D eigenvalue weighted by atomic mass is 9.90. The summed E-state index contributed by atoms with van der Waals surface area (Å²) in [5.74, 6) is -0.405. The van der Waals surface area contributed by atoms with E-state index in [1.54, 1.807) is 12.1 Å². The zero-order valence-corrected chi connectivity index (χ0v) is 14.6. The molecule has 1 N–H and O–H groups in total.